The number of hydrogen-bond acceptors (Lipinski definition) is 4. The van der Waals surface area contributed by atoms with Crippen LogP contribution in [0.2, 0.25) is 0 Å². The fraction of sp³-hybridized carbons (Fsp3) is 0.600. The van der Waals surface area contributed by atoms with E-state index in [-0.39, 0.29) is 18.0 Å². The lowest BCUT2D eigenvalue weighted by atomic mass is 10.0. The van der Waals surface area contributed by atoms with Crippen LogP contribution < -0.4 is 16.0 Å². The van der Waals surface area contributed by atoms with Crippen molar-refractivity contribution in [3.8, 4) is 0 Å². The van der Waals surface area contributed by atoms with Gasteiger partial charge in [0.25, 0.3) is 0 Å². The largest absolute Gasteiger partial charge is 0.356 e. The van der Waals surface area contributed by atoms with Crippen molar-refractivity contribution in [3.05, 3.63) is 24.4 Å². The second-order valence-electron chi connectivity index (χ2n) is 5.35. The minimum absolute atomic E-state index is 0.0110. The number of carbonyl (C=O) groups excluding carboxylic acids is 1. The summed E-state index contributed by atoms with van der Waals surface area (Å²) in [6, 6.07) is 5.82. The van der Waals surface area contributed by atoms with Crippen LogP contribution in [-0.2, 0) is 4.79 Å². The summed E-state index contributed by atoms with van der Waals surface area (Å²) in [7, 11) is 0. The monoisotopic (exact) mass is 276 g/mol. The zero-order valence-electron chi connectivity index (χ0n) is 12.1. The number of anilines is 1. The van der Waals surface area contributed by atoms with Gasteiger partial charge in [0, 0.05) is 25.3 Å². The van der Waals surface area contributed by atoms with Gasteiger partial charge in [-0.15, -0.1) is 0 Å². The number of amides is 1. The van der Waals surface area contributed by atoms with Crippen molar-refractivity contribution in [2.45, 2.75) is 44.7 Å². The number of hydrogen-bond donors (Lipinski definition) is 2. The fourth-order valence-corrected chi connectivity index (χ4v) is 2.54. The van der Waals surface area contributed by atoms with E-state index >= 15 is 0 Å². The van der Waals surface area contributed by atoms with Gasteiger partial charge < -0.3 is 16.0 Å². The Morgan fingerprint density at radius 1 is 1.50 bits per heavy atom. The van der Waals surface area contributed by atoms with E-state index in [1.54, 1.807) is 0 Å². The summed E-state index contributed by atoms with van der Waals surface area (Å²) in [5.74, 6) is 1.00. The molecule has 5 nitrogen and oxygen atoms in total. The molecule has 1 aliphatic rings. The first kappa shape index (κ1) is 14.8. The lowest BCUT2D eigenvalue weighted by Crippen LogP contribution is -2.49. The van der Waals surface area contributed by atoms with Gasteiger partial charge >= 0.3 is 0 Å². The van der Waals surface area contributed by atoms with Gasteiger partial charge in [-0.1, -0.05) is 19.4 Å². The first-order valence-corrected chi connectivity index (χ1v) is 7.42. The Morgan fingerprint density at radius 3 is 2.85 bits per heavy atom. The van der Waals surface area contributed by atoms with Gasteiger partial charge in [0.2, 0.25) is 5.91 Å². The molecule has 1 fully saturated rings. The second kappa shape index (κ2) is 7.24. The van der Waals surface area contributed by atoms with Crippen LogP contribution in [0.15, 0.2) is 24.4 Å². The molecule has 0 aromatic carbocycles. The van der Waals surface area contributed by atoms with E-state index in [2.05, 4.69) is 15.2 Å². The lowest BCUT2D eigenvalue weighted by molar-refractivity contribution is -0.123. The molecule has 1 saturated heterocycles. The molecule has 110 valence electrons. The van der Waals surface area contributed by atoms with Crippen LogP contribution in [0.4, 0.5) is 5.82 Å². The Morgan fingerprint density at radius 2 is 2.25 bits per heavy atom. The van der Waals surface area contributed by atoms with E-state index in [1.807, 2.05) is 31.3 Å². The molecule has 1 unspecified atom stereocenters. The predicted octanol–water partition coefficient (Wildman–Crippen LogP) is 1.29. The van der Waals surface area contributed by atoms with E-state index in [9.17, 15) is 4.79 Å². The third-order valence-electron chi connectivity index (χ3n) is 3.75. The summed E-state index contributed by atoms with van der Waals surface area (Å²) in [6.07, 6.45) is 5.39. The van der Waals surface area contributed by atoms with Gasteiger partial charge in [-0.25, -0.2) is 4.98 Å². The van der Waals surface area contributed by atoms with Crippen LogP contribution in [0, 0.1) is 0 Å². The summed E-state index contributed by atoms with van der Waals surface area (Å²) >= 11 is 0. The molecule has 0 saturated carbocycles. The normalized spacial score (nSPS) is 17.8. The third-order valence-corrected chi connectivity index (χ3v) is 3.75. The maximum atomic E-state index is 11.9. The van der Waals surface area contributed by atoms with Gasteiger partial charge in [-0.2, -0.15) is 0 Å². The Bertz CT molecular complexity index is 415. The number of nitrogens with zero attached hydrogens (tertiary/aromatic N) is 2. The zero-order chi connectivity index (χ0) is 14.4. The molecule has 1 aromatic rings. The van der Waals surface area contributed by atoms with Gasteiger partial charge in [0.05, 0.1) is 6.04 Å². The van der Waals surface area contributed by atoms with Crippen LogP contribution >= 0.6 is 0 Å². The van der Waals surface area contributed by atoms with E-state index in [1.165, 1.54) is 0 Å². The van der Waals surface area contributed by atoms with E-state index in [0.717, 1.165) is 44.6 Å². The second-order valence-corrected chi connectivity index (χ2v) is 5.35. The lowest BCUT2D eigenvalue weighted by Gasteiger charge is -2.33. The summed E-state index contributed by atoms with van der Waals surface area (Å²) in [6.45, 7) is 3.88. The minimum Gasteiger partial charge on any atom is -0.356 e. The number of pyridine rings is 1. The quantitative estimate of drug-likeness (QED) is 0.850. The number of carbonyl (C=O) groups is 1. The molecule has 2 rings (SSSR count). The molecular formula is C15H24N4O. The number of aromatic nitrogens is 1. The number of piperidine rings is 1. The molecule has 1 aromatic heterocycles. The van der Waals surface area contributed by atoms with Crippen molar-refractivity contribution in [2.24, 2.45) is 5.73 Å². The summed E-state index contributed by atoms with van der Waals surface area (Å²) in [5.41, 5.74) is 5.83. The average Bonchev–Trinajstić information content (AvgIpc) is 2.49. The van der Waals surface area contributed by atoms with Crippen LogP contribution in [0.25, 0.3) is 0 Å². The highest BCUT2D eigenvalue weighted by Crippen LogP contribution is 2.17. The van der Waals surface area contributed by atoms with Gasteiger partial charge in [0.15, 0.2) is 0 Å². The van der Waals surface area contributed by atoms with Crippen molar-refractivity contribution in [1.29, 1.82) is 0 Å². The van der Waals surface area contributed by atoms with Crippen molar-refractivity contribution in [2.75, 3.05) is 18.0 Å². The Labute approximate surface area is 120 Å². The van der Waals surface area contributed by atoms with Crippen LogP contribution in [-0.4, -0.2) is 36.1 Å². The standard InChI is InChI=1S/C15H24N4O/c1-2-5-13(16)15(20)18-12-7-10-19(11-8-12)14-6-3-4-9-17-14/h3-4,6,9,12-13H,2,5,7-8,10-11,16H2,1H3,(H,18,20). The number of nitrogens with two attached hydrogens (primary N) is 1. The SMILES string of the molecule is CCCC(N)C(=O)NC1CCN(c2ccccn2)CC1. The van der Waals surface area contributed by atoms with E-state index in [4.69, 9.17) is 5.73 Å². The predicted molar refractivity (Wildman–Crippen MR) is 80.5 cm³/mol. The third kappa shape index (κ3) is 3.93. The van der Waals surface area contributed by atoms with Crippen molar-refractivity contribution >= 4 is 11.7 Å². The molecule has 5 heteroatoms. The Hall–Kier alpha value is -1.62. The fourth-order valence-electron chi connectivity index (χ4n) is 2.54. The molecule has 0 bridgehead atoms. The van der Waals surface area contributed by atoms with Crippen LogP contribution in [0.5, 0.6) is 0 Å². The summed E-state index contributed by atoms with van der Waals surface area (Å²) in [5, 5.41) is 3.06. The van der Waals surface area contributed by atoms with Crippen molar-refractivity contribution in [3.63, 3.8) is 0 Å². The Kier molecular flexibility index (Phi) is 5.35. The van der Waals surface area contributed by atoms with Crippen molar-refractivity contribution in [1.82, 2.24) is 10.3 Å². The molecule has 0 radical (unpaired) electrons. The average molecular weight is 276 g/mol. The maximum Gasteiger partial charge on any atom is 0.237 e. The molecule has 1 atom stereocenters. The first-order chi connectivity index (χ1) is 9.70. The maximum absolute atomic E-state index is 11.9. The molecule has 3 N–H and O–H groups in total. The van der Waals surface area contributed by atoms with Crippen LogP contribution in [0.3, 0.4) is 0 Å². The molecule has 2 heterocycles. The van der Waals surface area contributed by atoms with E-state index in [0.29, 0.717) is 0 Å². The highest BCUT2D eigenvalue weighted by molar-refractivity contribution is 5.81. The zero-order valence-corrected chi connectivity index (χ0v) is 12.1. The first-order valence-electron chi connectivity index (χ1n) is 7.42. The Balaban J connectivity index is 1.78. The molecule has 1 aliphatic heterocycles. The van der Waals surface area contributed by atoms with E-state index < -0.39 is 0 Å². The van der Waals surface area contributed by atoms with Crippen LogP contribution in [0.1, 0.15) is 32.6 Å². The topological polar surface area (TPSA) is 71.2 Å². The van der Waals surface area contributed by atoms with Gasteiger partial charge in [-0.3, -0.25) is 4.79 Å². The molecule has 20 heavy (non-hydrogen) atoms. The summed E-state index contributed by atoms with van der Waals surface area (Å²) in [4.78, 5) is 18.5. The highest BCUT2D eigenvalue weighted by atomic mass is 16.2. The molecular weight excluding hydrogens is 252 g/mol. The number of rotatable bonds is 5. The minimum atomic E-state index is -0.367. The summed E-state index contributed by atoms with van der Waals surface area (Å²) < 4.78 is 0. The molecule has 0 aliphatic carbocycles. The van der Waals surface area contributed by atoms with Gasteiger partial charge in [-0.05, 0) is 31.4 Å². The smallest absolute Gasteiger partial charge is 0.237 e. The molecule has 1 amide bonds. The molecule has 0 spiro atoms. The van der Waals surface area contributed by atoms with Crippen molar-refractivity contribution < 1.29 is 4.79 Å². The highest BCUT2D eigenvalue weighted by Gasteiger charge is 2.23. The number of nitrogens with one attached hydrogen (secondary N) is 1. The van der Waals surface area contributed by atoms with Gasteiger partial charge in [0.1, 0.15) is 5.82 Å².